The molecule has 6 nitrogen and oxygen atoms in total. The number of carboxylic acid groups (broad SMARTS) is 1. The maximum absolute atomic E-state index is 11.3. The third kappa shape index (κ3) is 2.99. The van der Waals surface area contributed by atoms with Gasteiger partial charge in [-0.2, -0.15) is 5.10 Å². The molecule has 0 aliphatic heterocycles. The molecule has 1 saturated carbocycles. The van der Waals surface area contributed by atoms with Crippen molar-refractivity contribution in [2.45, 2.75) is 31.6 Å². The number of hydrogen-bond acceptors (Lipinski definition) is 3. The molecule has 4 aromatic rings. The molecule has 1 aromatic carbocycles. The molecule has 6 heteroatoms. The molecule has 29 heavy (non-hydrogen) atoms. The first-order valence-electron chi connectivity index (χ1n) is 10.1. The summed E-state index contributed by atoms with van der Waals surface area (Å²) in [6.45, 7) is 0. The molecule has 1 N–H and O–H groups in total. The molecule has 0 unspecified atom stereocenters. The fourth-order valence-electron chi connectivity index (χ4n) is 4.80. The summed E-state index contributed by atoms with van der Waals surface area (Å²) < 4.78 is 3.92. The van der Waals surface area contributed by atoms with Gasteiger partial charge in [-0.05, 0) is 54.2 Å². The van der Waals surface area contributed by atoms with Gasteiger partial charge in [0.05, 0.1) is 12.1 Å². The van der Waals surface area contributed by atoms with Crippen LogP contribution in [0.5, 0.6) is 0 Å². The maximum atomic E-state index is 11.3. The molecule has 0 amide bonds. The number of fused-ring (bicyclic) bond motifs is 3. The molecule has 5 rings (SSSR count). The Labute approximate surface area is 168 Å². The van der Waals surface area contributed by atoms with Crippen LogP contribution in [0, 0.1) is 5.92 Å². The molecule has 0 atom stereocenters. The number of carbonyl (C=O) groups is 1. The standard InChI is InChI=1S/C23H24N4O2/c1-26-13-20(14-3-5-15(6-4-14)23(28)29)21-19-9-16(18-11-25-27(2)12-18)7-8-17(19)10-24-22(21)26/h7-15H,3-6H2,1-2H3,(H,28,29)/t14-,15+. The molecule has 1 aliphatic carbocycles. The van der Waals surface area contributed by atoms with Gasteiger partial charge in [0, 0.05) is 49.0 Å². The summed E-state index contributed by atoms with van der Waals surface area (Å²) in [5, 5.41) is 17.2. The van der Waals surface area contributed by atoms with Crippen LogP contribution in [-0.4, -0.2) is 30.4 Å². The minimum absolute atomic E-state index is 0.201. The van der Waals surface area contributed by atoms with Gasteiger partial charge in [-0.1, -0.05) is 12.1 Å². The van der Waals surface area contributed by atoms with Crippen LogP contribution in [0.1, 0.15) is 37.2 Å². The molecule has 148 valence electrons. The average Bonchev–Trinajstić information content (AvgIpc) is 3.31. The highest BCUT2D eigenvalue weighted by Crippen LogP contribution is 2.41. The second-order valence-corrected chi connectivity index (χ2v) is 8.24. The Bertz CT molecular complexity index is 1230. The van der Waals surface area contributed by atoms with Gasteiger partial charge in [-0.3, -0.25) is 9.48 Å². The monoisotopic (exact) mass is 388 g/mol. The lowest BCUT2D eigenvalue weighted by Gasteiger charge is -2.26. The van der Waals surface area contributed by atoms with Crippen molar-refractivity contribution in [1.82, 2.24) is 19.3 Å². The molecule has 1 fully saturated rings. The Balaban J connectivity index is 1.65. The fourth-order valence-corrected chi connectivity index (χ4v) is 4.80. The van der Waals surface area contributed by atoms with Gasteiger partial charge in [0.25, 0.3) is 0 Å². The molecule has 0 saturated heterocycles. The van der Waals surface area contributed by atoms with E-state index in [1.54, 1.807) is 0 Å². The highest BCUT2D eigenvalue weighted by atomic mass is 16.4. The fraction of sp³-hybridized carbons (Fsp3) is 0.348. The molecular formula is C23H24N4O2. The SMILES string of the molecule is Cn1cc(-c2ccc3cnc4c(c3c2)c([C@H]2CC[C@@H](C(=O)O)CC2)cn4C)cn1. The molecule has 3 heterocycles. The van der Waals surface area contributed by atoms with Crippen LogP contribution in [-0.2, 0) is 18.9 Å². The summed E-state index contributed by atoms with van der Waals surface area (Å²) in [5.74, 6) is -0.480. The smallest absolute Gasteiger partial charge is 0.306 e. The Kier molecular flexibility index (Phi) is 4.15. The van der Waals surface area contributed by atoms with Gasteiger partial charge in [-0.15, -0.1) is 0 Å². The lowest BCUT2D eigenvalue weighted by atomic mass is 9.78. The number of aromatic nitrogens is 4. The van der Waals surface area contributed by atoms with Crippen molar-refractivity contribution in [3.05, 3.63) is 48.5 Å². The predicted molar refractivity (Wildman–Crippen MR) is 113 cm³/mol. The van der Waals surface area contributed by atoms with Crippen molar-refractivity contribution < 1.29 is 9.90 Å². The number of aryl methyl sites for hydroxylation is 2. The number of aliphatic carboxylic acids is 1. The number of pyridine rings is 1. The number of nitrogens with zero attached hydrogens (tertiary/aromatic N) is 4. The lowest BCUT2D eigenvalue weighted by Crippen LogP contribution is -2.20. The largest absolute Gasteiger partial charge is 0.481 e. The van der Waals surface area contributed by atoms with Crippen LogP contribution < -0.4 is 0 Å². The van der Waals surface area contributed by atoms with Crippen molar-refractivity contribution in [1.29, 1.82) is 0 Å². The average molecular weight is 388 g/mol. The van der Waals surface area contributed by atoms with Crippen molar-refractivity contribution in [3.8, 4) is 11.1 Å². The first kappa shape index (κ1) is 17.9. The number of hydrogen-bond donors (Lipinski definition) is 1. The second-order valence-electron chi connectivity index (χ2n) is 8.24. The molecule has 0 spiro atoms. The summed E-state index contributed by atoms with van der Waals surface area (Å²) in [6.07, 6.45) is 11.4. The quantitative estimate of drug-likeness (QED) is 0.561. The molecule has 3 aromatic heterocycles. The highest BCUT2D eigenvalue weighted by molar-refractivity contribution is 6.08. The molecular weight excluding hydrogens is 364 g/mol. The third-order valence-corrected chi connectivity index (χ3v) is 6.38. The second kappa shape index (κ2) is 6.72. The number of benzene rings is 1. The summed E-state index contributed by atoms with van der Waals surface area (Å²) in [4.78, 5) is 16.1. The van der Waals surface area contributed by atoms with E-state index in [2.05, 4.69) is 34.1 Å². The summed E-state index contributed by atoms with van der Waals surface area (Å²) >= 11 is 0. The molecule has 0 radical (unpaired) electrons. The zero-order chi connectivity index (χ0) is 20.1. The van der Waals surface area contributed by atoms with E-state index in [1.807, 2.05) is 37.4 Å². The number of carboxylic acids is 1. The lowest BCUT2D eigenvalue weighted by molar-refractivity contribution is -0.142. The Hall–Kier alpha value is -3.15. The predicted octanol–water partition coefficient (Wildman–Crippen LogP) is 4.49. The highest BCUT2D eigenvalue weighted by Gasteiger charge is 2.29. The van der Waals surface area contributed by atoms with Gasteiger partial charge in [0.15, 0.2) is 0 Å². The van der Waals surface area contributed by atoms with Crippen LogP contribution in [0.3, 0.4) is 0 Å². The van der Waals surface area contributed by atoms with E-state index in [1.165, 1.54) is 16.3 Å². The minimum Gasteiger partial charge on any atom is -0.481 e. The van der Waals surface area contributed by atoms with Crippen LogP contribution in [0.2, 0.25) is 0 Å². The van der Waals surface area contributed by atoms with E-state index in [4.69, 9.17) is 4.98 Å². The number of rotatable bonds is 3. The minimum atomic E-state index is -0.658. The van der Waals surface area contributed by atoms with Crippen molar-refractivity contribution >= 4 is 27.8 Å². The molecule has 1 aliphatic rings. The third-order valence-electron chi connectivity index (χ3n) is 6.38. The van der Waals surface area contributed by atoms with E-state index < -0.39 is 5.97 Å². The Morgan fingerprint density at radius 3 is 2.55 bits per heavy atom. The summed E-state index contributed by atoms with van der Waals surface area (Å²) in [6, 6.07) is 6.48. The van der Waals surface area contributed by atoms with Crippen molar-refractivity contribution in [2.75, 3.05) is 0 Å². The summed E-state index contributed by atoms with van der Waals surface area (Å²) in [7, 11) is 3.97. The van der Waals surface area contributed by atoms with E-state index in [9.17, 15) is 9.90 Å². The van der Waals surface area contributed by atoms with E-state index in [0.29, 0.717) is 5.92 Å². The zero-order valence-electron chi connectivity index (χ0n) is 16.7. The summed E-state index contributed by atoms with van der Waals surface area (Å²) in [5.41, 5.74) is 4.52. The van der Waals surface area contributed by atoms with Gasteiger partial charge in [0.1, 0.15) is 5.65 Å². The van der Waals surface area contributed by atoms with Crippen molar-refractivity contribution in [2.24, 2.45) is 20.0 Å². The van der Waals surface area contributed by atoms with Crippen LogP contribution in [0.25, 0.3) is 32.9 Å². The normalized spacial score (nSPS) is 19.8. The molecule has 0 bridgehead atoms. The van der Waals surface area contributed by atoms with Crippen LogP contribution in [0.4, 0.5) is 0 Å². The van der Waals surface area contributed by atoms with Gasteiger partial charge >= 0.3 is 5.97 Å². The zero-order valence-corrected chi connectivity index (χ0v) is 16.7. The van der Waals surface area contributed by atoms with Crippen LogP contribution >= 0.6 is 0 Å². The Morgan fingerprint density at radius 2 is 1.86 bits per heavy atom. The van der Waals surface area contributed by atoms with E-state index >= 15 is 0 Å². The van der Waals surface area contributed by atoms with E-state index in [0.717, 1.165) is 47.8 Å². The first-order valence-corrected chi connectivity index (χ1v) is 10.1. The van der Waals surface area contributed by atoms with Gasteiger partial charge in [-0.25, -0.2) is 4.98 Å². The van der Waals surface area contributed by atoms with Gasteiger partial charge < -0.3 is 9.67 Å². The topological polar surface area (TPSA) is 72.9 Å². The Morgan fingerprint density at radius 1 is 1.07 bits per heavy atom. The van der Waals surface area contributed by atoms with Crippen molar-refractivity contribution in [3.63, 3.8) is 0 Å². The maximum Gasteiger partial charge on any atom is 0.306 e. The van der Waals surface area contributed by atoms with E-state index in [-0.39, 0.29) is 5.92 Å². The van der Waals surface area contributed by atoms with Gasteiger partial charge in [0.2, 0.25) is 0 Å². The first-order chi connectivity index (χ1) is 14.0. The van der Waals surface area contributed by atoms with Crippen LogP contribution in [0.15, 0.2) is 43.0 Å².